The molecule has 0 aromatic heterocycles. The van der Waals surface area contributed by atoms with E-state index in [1.807, 2.05) is 30.3 Å². The van der Waals surface area contributed by atoms with Crippen LogP contribution in [-0.2, 0) is 12.8 Å². The van der Waals surface area contributed by atoms with E-state index in [2.05, 4.69) is 31.2 Å². The van der Waals surface area contributed by atoms with Crippen LogP contribution in [0.4, 0.5) is 0 Å². The quantitative estimate of drug-likeness (QED) is 0.433. The molecule has 0 atom stereocenters. The van der Waals surface area contributed by atoms with Crippen LogP contribution in [0.3, 0.4) is 0 Å². The number of unbranched alkanes of at least 4 members (excludes halogenated alkanes) is 3. The van der Waals surface area contributed by atoms with Crippen LogP contribution in [0.2, 0.25) is 0 Å². The van der Waals surface area contributed by atoms with Crippen LogP contribution in [0.15, 0.2) is 54.6 Å². The average Bonchev–Trinajstić information content (AvgIpc) is 2.58. The normalized spacial score (nSPS) is 10.6. The lowest BCUT2D eigenvalue weighted by molar-refractivity contribution is 0.0983. The van der Waals surface area contributed by atoms with Gasteiger partial charge in [0.25, 0.3) is 0 Å². The minimum Gasteiger partial charge on any atom is -0.294 e. The van der Waals surface area contributed by atoms with E-state index in [-0.39, 0.29) is 5.78 Å². The lowest BCUT2D eigenvalue weighted by Crippen LogP contribution is -2.01. The van der Waals surface area contributed by atoms with Gasteiger partial charge in [-0.05, 0) is 30.4 Å². The van der Waals surface area contributed by atoms with Crippen molar-refractivity contribution in [3.05, 3.63) is 71.3 Å². The van der Waals surface area contributed by atoms with Crippen molar-refractivity contribution in [1.29, 1.82) is 0 Å². The summed E-state index contributed by atoms with van der Waals surface area (Å²) in [5.74, 6) is 0.237. The highest BCUT2D eigenvalue weighted by molar-refractivity contribution is 5.96. The number of Topliss-reactive ketones (excluding diaryl/α,β-unsaturated/α-hetero) is 1. The maximum atomic E-state index is 12.2. The predicted octanol–water partition coefficient (Wildman–Crippen LogP) is 5.62. The molecule has 2 aromatic carbocycles. The Labute approximate surface area is 134 Å². The van der Waals surface area contributed by atoms with Crippen LogP contribution in [0.1, 0.15) is 60.5 Å². The Morgan fingerprint density at radius 1 is 0.773 bits per heavy atom. The zero-order chi connectivity index (χ0) is 15.6. The molecule has 0 saturated heterocycles. The highest BCUT2D eigenvalue weighted by Gasteiger charge is 2.06. The van der Waals surface area contributed by atoms with Gasteiger partial charge in [0.05, 0.1) is 0 Å². The Kier molecular flexibility index (Phi) is 6.89. The Balaban J connectivity index is 1.80. The van der Waals surface area contributed by atoms with Crippen LogP contribution in [0, 0.1) is 0 Å². The van der Waals surface area contributed by atoms with E-state index in [1.165, 1.54) is 36.8 Å². The highest BCUT2D eigenvalue weighted by atomic mass is 16.1. The molecule has 0 heterocycles. The zero-order valence-electron chi connectivity index (χ0n) is 13.6. The molecular formula is C21H26O. The van der Waals surface area contributed by atoms with Crippen molar-refractivity contribution in [2.24, 2.45) is 0 Å². The van der Waals surface area contributed by atoms with E-state index in [9.17, 15) is 4.79 Å². The molecule has 0 spiro atoms. The number of hydrogen-bond acceptors (Lipinski definition) is 1. The lowest BCUT2D eigenvalue weighted by atomic mass is 10.00. The first-order valence-electron chi connectivity index (χ1n) is 8.45. The Hall–Kier alpha value is -1.89. The molecule has 0 saturated carbocycles. The molecule has 0 aliphatic carbocycles. The van der Waals surface area contributed by atoms with Gasteiger partial charge in [0.15, 0.2) is 5.78 Å². The zero-order valence-corrected chi connectivity index (χ0v) is 13.6. The summed E-state index contributed by atoms with van der Waals surface area (Å²) in [6.45, 7) is 2.23. The van der Waals surface area contributed by atoms with Crippen LogP contribution in [0.5, 0.6) is 0 Å². The first kappa shape index (κ1) is 16.5. The second kappa shape index (κ2) is 9.19. The highest BCUT2D eigenvalue weighted by Crippen LogP contribution is 2.12. The summed E-state index contributed by atoms with van der Waals surface area (Å²) in [6.07, 6.45) is 7.66. The molecule has 0 aliphatic heterocycles. The van der Waals surface area contributed by atoms with E-state index >= 15 is 0 Å². The number of rotatable bonds is 9. The van der Waals surface area contributed by atoms with E-state index < -0.39 is 0 Å². The van der Waals surface area contributed by atoms with Crippen molar-refractivity contribution >= 4 is 5.78 Å². The smallest absolute Gasteiger partial charge is 0.163 e. The molecule has 0 amide bonds. The SMILES string of the molecule is CCCCCCc1ccc(C(=O)CCc2ccccc2)cc1. The first-order valence-corrected chi connectivity index (χ1v) is 8.45. The number of carbonyl (C=O) groups is 1. The molecule has 1 nitrogen and oxygen atoms in total. The van der Waals surface area contributed by atoms with Crippen LogP contribution in [-0.4, -0.2) is 5.78 Å². The molecule has 2 aromatic rings. The molecule has 0 aliphatic rings. The maximum Gasteiger partial charge on any atom is 0.163 e. The van der Waals surface area contributed by atoms with Gasteiger partial charge in [-0.15, -0.1) is 0 Å². The minimum absolute atomic E-state index is 0.237. The van der Waals surface area contributed by atoms with Gasteiger partial charge in [-0.25, -0.2) is 0 Å². The fourth-order valence-corrected chi connectivity index (χ4v) is 2.66. The summed E-state index contributed by atoms with van der Waals surface area (Å²) in [5, 5.41) is 0. The number of benzene rings is 2. The van der Waals surface area contributed by atoms with Gasteiger partial charge < -0.3 is 0 Å². The van der Waals surface area contributed by atoms with Gasteiger partial charge in [-0.1, -0.05) is 80.8 Å². The summed E-state index contributed by atoms with van der Waals surface area (Å²) < 4.78 is 0. The molecule has 2 rings (SSSR count). The third-order valence-electron chi connectivity index (χ3n) is 4.08. The van der Waals surface area contributed by atoms with Gasteiger partial charge in [-0.2, -0.15) is 0 Å². The second-order valence-corrected chi connectivity index (χ2v) is 5.92. The maximum absolute atomic E-state index is 12.2. The largest absolute Gasteiger partial charge is 0.294 e. The minimum atomic E-state index is 0.237. The summed E-state index contributed by atoms with van der Waals surface area (Å²) in [7, 11) is 0. The van der Waals surface area contributed by atoms with Crippen LogP contribution < -0.4 is 0 Å². The predicted molar refractivity (Wildman–Crippen MR) is 93.4 cm³/mol. The molecule has 0 fully saturated rings. The molecule has 22 heavy (non-hydrogen) atoms. The number of carbonyl (C=O) groups excluding carboxylic acids is 1. The fraction of sp³-hybridized carbons (Fsp3) is 0.381. The summed E-state index contributed by atoms with van der Waals surface area (Å²) in [4.78, 5) is 12.2. The summed E-state index contributed by atoms with van der Waals surface area (Å²) in [5.41, 5.74) is 3.41. The lowest BCUT2D eigenvalue weighted by Gasteiger charge is -2.04. The molecule has 0 unspecified atom stereocenters. The molecule has 0 bridgehead atoms. The van der Waals surface area contributed by atoms with Gasteiger partial charge in [0.2, 0.25) is 0 Å². The van der Waals surface area contributed by atoms with E-state index in [1.54, 1.807) is 0 Å². The molecule has 1 heteroatoms. The summed E-state index contributed by atoms with van der Waals surface area (Å²) in [6, 6.07) is 18.4. The van der Waals surface area contributed by atoms with Gasteiger partial charge in [0.1, 0.15) is 0 Å². The standard InChI is InChI=1S/C21H26O/c1-2-3-4-6-11-19-12-15-20(16-13-19)21(22)17-14-18-9-7-5-8-10-18/h5,7-10,12-13,15-16H,2-4,6,11,14,17H2,1H3. The van der Waals surface area contributed by atoms with E-state index in [0.717, 1.165) is 18.4 Å². The average molecular weight is 294 g/mol. The number of ketones is 1. The van der Waals surface area contributed by atoms with Crippen molar-refractivity contribution in [3.8, 4) is 0 Å². The number of aryl methyl sites for hydroxylation is 2. The third kappa shape index (κ3) is 5.48. The van der Waals surface area contributed by atoms with Crippen molar-refractivity contribution in [2.75, 3.05) is 0 Å². The van der Waals surface area contributed by atoms with Crippen molar-refractivity contribution in [2.45, 2.75) is 51.9 Å². The Morgan fingerprint density at radius 2 is 1.45 bits per heavy atom. The summed E-state index contributed by atoms with van der Waals surface area (Å²) >= 11 is 0. The van der Waals surface area contributed by atoms with Crippen molar-refractivity contribution in [1.82, 2.24) is 0 Å². The van der Waals surface area contributed by atoms with E-state index in [0.29, 0.717) is 6.42 Å². The van der Waals surface area contributed by atoms with Crippen LogP contribution in [0.25, 0.3) is 0 Å². The topological polar surface area (TPSA) is 17.1 Å². The van der Waals surface area contributed by atoms with Crippen molar-refractivity contribution < 1.29 is 4.79 Å². The Bertz CT molecular complexity index is 554. The second-order valence-electron chi connectivity index (χ2n) is 5.92. The fourth-order valence-electron chi connectivity index (χ4n) is 2.66. The van der Waals surface area contributed by atoms with E-state index in [4.69, 9.17) is 0 Å². The molecule has 0 radical (unpaired) electrons. The molecular weight excluding hydrogens is 268 g/mol. The van der Waals surface area contributed by atoms with Crippen molar-refractivity contribution in [3.63, 3.8) is 0 Å². The molecule has 116 valence electrons. The monoisotopic (exact) mass is 294 g/mol. The van der Waals surface area contributed by atoms with Gasteiger partial charge >= 0.3 is 0 Å². The molecule has 0 N–H and O–H groups in total. The Morgan fingerprint density at radius 3 is 2.14 bits per heavy atom. The van der Waals surface area contributed by atoms with Crippen LogP contribution >= 0.6 is 0 Å². The number of hydrogen-bond donors (Lipinski definition) is 0. The van der Waals surface area contributed by atoms with Gasteiger partial charge in [-0.3, -0.25) is 4.79 Å². The third-order valence-corrected chi connectivity index (χ3v) is 4.08. The van der Waals surface area contributed by atoms with Gasteiger partial charge in [0, 0.05) is 12.0 Å². The first-order chi connectivity index (χ1) is 10.8.